The second-order valence-electron chi connectivity index (χ2n) is 4.64. The van der Waals surface area contributed by atoms with E-state index in [0.29, 0.717) is 19.6 Å². The summed E-state index contributed by atoms with van der Waals surface area (Å²) in [6, 6.07) is 12.9. The van der Waals surface area contributed by atoms with Crippen molar-refractivity contribution in [2.24, 2.45) is 0 Å². The molecule has 5 nitrogen and oxygen atoms in total. The van der Waals surface area contributed by atoms with Crippen LogP contribution in [0.1, 0.15) is 18.4 Å². The summed E-state index contributed by atoms with van der Waals surface area (Å²) >= 11 is 0. The minimum atomic E-state index is -0.862. The Morgan fingerprint density at radius 3 is 2.62 bits per heavy atom. The number of ether oxygens (including phenoxy) is 1. The van der Waals surface area contributed by atoms with Crippen LogP contribution in [0, 0.1) is 0 Å². The van der Waals surface area contributed by atoms with Crippen molar-refractivity contribution in [3.63, 3.8) is 0 Å². The van der Waals surface area contributed by atoms with E-state index in [4.69, 9.17) is 9.84 Å². The average Bonchev–Trinajstić information content (AvgIpc) is 2.48. The van der Waals surface area contributed by atoms with Gasteiger partial charge in [0.25, 0.3) is 5.56 Å². The van der Waals surface area contributed by atoms with Crippen molar-refractivity contribution >= 4 is 5.97 Å². The number of rotatable bonds is 7. The van der Waals surface area contributed by atoms with Crippen molar-refractivity contribution < 1.29 is 14.6 Å². The predicted molar refractivity (Wildman–Crippen MR) is 78.3 cm³/mol. The SMILES string of the molecule is O=C(O)CCCn1cccc(OCc2ccccc2)c1=O. The van der Waals surface area contributed by atoms with Gasteiger partial charge in [-0.05, 0) is 24.1 Å². The first-order valence-electron chi connectivity index (χ1n) is 6.75. The molecule has 0 fully saturated rings. The van der Waals surface area contributed by atoms with Crippen LogP contribution in [0.5, 0.6) is 5.75 Å². The lowest BCUT2D eigenvalue weighted by molar-refractivity contribution is -0.137. The van der Waals surface area contributed by atoms with E-state index < -0.39 is 5.97 Å². The third kappa shape index (κ3) is 4.49. The Labute approximate surface area is 122 Å². The van der Waals surface area contributed by atoms with Gasteiger partial charge in [-0.15, -0.1) is 0 Å². The molecule has 0 aliphatic rings. The van der Waals surface area contributed by atoms with E-state index in [-0.39, 0.29) is 17.7 Å². The van der Waals surface area contributed by atoms with Crippen LogP contribution in [0.2, 0.25) is 0 Å². The smallest absolute Gasteiger partial charge is 0.303 e. The molecule has 0 unspecified atom stereocenters. The van der Waals surface area contributed by atoms with Gasteiger partial charge in [0.1, 0.15) is 6.61 Å². The Morgan fingerprint density at radius 1 is 1.14 bits per heavy atom. The van der Waals surface area contributed by atoms with Crippen molar-refractivity contribution in [1.82, 2.24) is 4.57 Å². The Balaban J connectivity index is 2.00. The molecule has 0 spiro atoms. The van der Waals surface area contributed by atoms with Crippen LogP contribution in [0.3, 0.4) is 0 Å². The zero-order valence-electron chi connectivity index (χ0n) is 11.6. The normalized spacial score (nSPS) is 10.3. The van der Waals surface area contributed by atoms with Gasteiger partial charge in [0.05, 0.1) is 0 Å². The van der Waals surface area contributed by atoms with E-state index in [2.05, 4.69) is 0 Å². The molecule has 0 aliphatic carbocycles. The lowest BCUT2D eigenvalue weighted by Gasteiger charge is -2.09. The highest BCUT2D eigenvalue weighted by molar-refractivity contribution is 5.66. The number of aryl methyl sites for hydroxylation is 1. The van der Waals surface area contributed by atoms with Gasteiger partial charge in [-0.3, -0.25) is 9.59 Å². The molecule has 0 amide bonds. The number of pyridine rings is 1. The van der Waals surface area contributed by atoms with Gasteiger partial charge in [0.15, 0.2) is 5.75 Å². The summed E-state index contributed by atoms with van der Waals surface area (Å²) in [6.45, 7) is 0.697. The number of carbonyl (C=O) groups is 1. The maximum absolute atomic E-state index is 12.2. The molecule has 1 N–H and O–H groups in total. The fourth-order valence-electron chi connectivity index (χ4n) is 1.94. The number of hydrogen-bond acceptors (Lipinski definition) is 3. The first kappa shape index (κ1) is 14.8. The zero-order valence-corrected chi connectivity index (χ0v) is 11.6. The number of aliphatic carboxylic acids is 1. The van der Waals surface area contributed by atoms with Crippen molar-refractivity contribution in [2.45, 2.75) is 26.0 Å². The minimum absolute atomic E-state index is 0.0432. The third-order valence-corrected chi connectivity index (χ3v) is 3.01. The Morgan fingerprint density at radius 2 is 1.90 bits per heavy atom. The molecule has 21 heavy (non-hydrogen) atoms. The van der Waals surface area contributed by atoms with Crippen molar-refractivity contribution in [3.8, 4) is 5.75 Å². The van der Waals surface area contributed by atoms with E-state index in [1.165, 1.54) is 4.57 Å². The van der Waals surface area contributed by atoms with Gasteiger partial charge in [0.2, 0.25) is 0 Å². The molecule has 0 saturated heterocycles. The lowest BCUT2D eigenvalue weighted by atomic mass is 10.2. The molecule has 0 atom stereocenters. The van der Waals surface area contributed by atoms with E-state index >= 15 is 0 Å². The van der Waals surface area contributed by atoms with Crippen LogP contribution >= 0.6 is 0 Å². The van der Waals surface area contributed by atoms with Crippen LogP contribution in [0.4, 0.5) is 0 Å². The lowest BCUT2D eigenvalue weighted by Crippen LogP contribution is -2.21. The predicted octanol–water partition coefficient (Wildman–Crippen LogP) is 2.29. The fraction of sp³-hybridized carbons (Fsp3) is 0.250. The molecule has 0 bridgehead atoms. The topological polar surface area (TPSA) is 68.5 Å². The Hall–Kier alpha value is -2.56. The number of carboxylic acids is 1. The van der Waals surface area contributed by atoms with Crippen LogP contribution in [-0.4, -0.2) is 15.6 Å². The molecule has 0 saturated carbocycles. The number of nitrogens with zero attached hydrogens (tertiary/aromatic N) is 1. The number of benzene rings is 1. The highest BCUT2D eigenvalue weighted by atomic mass is 16.5. The van der Waals surface area contributed by atoms with Crippen LogP contribution < -0.4 is 10.3 Å². The molecule has 2 rings (SSSR count). The summed E-state index contributed by atoms with van der Waals surface area (Å²) in [5.41, 5.74) is 0.747. The molecular formula is C16H17NO4. The van der Waals surface area contributed by atoms with Crippen molar-refractivity contribution in [1.29, 1.82) is 0 Å². The van der Waals surface area contributed by atoms with E-state index in [1.54, 1.807) is 18.3 Å². The summed E-state index contributed by atoms with van der Waals surface area (Å²) in [4.78, 5) is 22.6. The largest absolute Gasteiger partial charge is 0.483 e. The number of hydrogen-bond donors (Lipinski definition) is 1. The minimum Gasteiger partial charge on any atom is -0.483 e. The first-order valence-corrected chi connectivity index (χ1v) is 6.75. The van der Waals surface area contributed by atoms with Crippen molar-refractivity contribution in [2.75, 3.05) is 0 Å². The molecular weight excluding hydrogens is 270 g/mol. The summed E-state index contributed by atoms with van der Waals surface area (Å²) < 4.78 is 7.02. The van der Waals surface area contributed by atoms with Crippen LogP contribution in [0.15, 0.2) is 53.5 Å². The Kier molecular flexibility index (Phi) is 5.15. The summed E-state index contributed by atoms with van der Waals surface area (Å²) in [7, 11) is 0. The summed E-state index contributed by atoms with van der Waals surface area (Å²) in [5, 5.41) is 8.61. The maximum Gasteiger partial charge on any atom is 0.303 e. The monoisotopic (exact) mass is 287 g/mol. The Bertz CT molecular complexity index is 649. The number of carboxylic acid groups (broad SMARTS) is 1. The van der Waals surface area contributed by atoms with Gasteiger partial charge in [-0.1, -0.05) is 30.3 Å². The molecule has 2 aromatic rings. The zero-order chi connectivity index (χ0) is 15.1. The van der Waals surface area contributed by atoms with Crippen LogP contribution in [-0.2, 0) is 17.9 Å². The third-order valence-electron chi connectivity index (χ3n) is 3.01. The van der Waals surface area contributed by atoms with Gasteiger partial charge in [-0.2, -0.15) is 0 Å². The number of aromatic nitrogens is 1. The van der Waals surface area contributed by atoms with E-state index in [1.807, 2.05) is 30.3 Å². The quantitative estimate of drug-likeness (QED) is 0.848. The van der Waals surface area contributed by atoms with Gasteiger partial charge in [-0.25, -0.2) is 0 Å². The fourth-order valence-corrected chi connectivity index (χ4v) is 1.94. The molecule has 1 heterocycles. The summed E-state index contributed by atoms with van der Waals surface area (Å²) in [5.74, 6) is -0.587. The van der Waals surface area contributed by atoms with E-state index in [0.717, 1.165) is 5.56 Å². The molecule has 0 aliphatic heterocycles. The van der Waals surface area contributed by atoms with Gasteiger partial charge >= 0.3 is 5.97 Å². The molecule has 0 radical (unpaired) electrons. The molecule has 1 aromatic carbocycles. The highest BCUT2D eigenvalue weighted by Gasteiger charge is 2.05. The molecule has 5 heteroatoms. The second-order valence-corrected chi connectivity index (χ2v) is 4.64. The van der Waals surface area contributed by atoms with Gasteiger partial charge < -0.3 is 14.4 Å². The standard InChI is InChI=1S/C16H17NO4/c18-15(19)9-5-11-17-10-4-8-14(16(17)20)21-12-13-6-2-1-3-7-13/h1-4,6-8,10H,5,9,11-12H2,(H,18,19). The average molecular weight is 287 g/mol. The molecule has 1 aromatic heterocycles. The van der Waals surface area contributed by atoms with Crippen LogP contribution in [0.25, 0.3) is 0 Å². The first-order chi connectivity index (χ1) is 10.2. The van der Waals surface area contributed by atoms with Gasteiger partial charge in [0, 0.05) is 19.2 Å². The van der Waals surface area contributed by atoms with E-state index in [9.17, 15) is 9.59 Å². The molecule has 110 valence electrons. The summed E-state index contributed by atoms with van der Waals surface area (Å²) in [6.07, 6.45) is 2.10. The second kappa shape index (κ2) is 7.28. The highest BCUT2D eigenvalue weighted by Crippen LogP contribution is 2.07. The van der Waals surface area contributed by atoms with Crippen molar-refractivity contribution in [3.05, 3.63) is 64.6 Å². The maximum atomic E-state index is 12.2.